The van der Waals surface area contributed by atoms with Crippen molar-refractivity contribution in [1.29, 1.82) is 0 Å². The molecule has 7 saturated heterocycles. The normalized spacial score (nSPS) is 53.7. The molecule has 7 aliphatic rings. The monoisotopic (exact) mass is 1060 g/mol. The molecule has 0 radical (unpaired) electrons. The smallest absolute Gasteiger partial charge is 0.187 e. The van der Waals surface area contributed by atoms with Gasteiger partial charge in [-0.05, 0) is 0 Å². The van der Waals surface area contributed by atoms with Gasteiger partial charge in [0, 0.05) is 0 Å². The molecule has 0 aromatic heterocycles. The lowest BCUT2D eigenvalue weighted by Gasteiger charge is -2.49. The highest BCUT2D eigenvalue weighted by atomic mass is 16.8. The van der Waals surface area contributed by atoms with Crippen LogP contribution in [0.25, 0.3) is 0 Å². The first-order chi connectivity index (χ1) is 34.1. The molecule has 0 aromatic carbocycles. The zero-order chi connectivity index (χ0) is 52.6. The van der Waals surface area contributed by atoms with Crippen LogP contribution in [-0.4, -0.2) is 345 Å². The van der Waals surface area contributed by atoms with Crippen molar-refractivity contribution in [3.05, 3.63) is 0 Å². The van der Waals surface area contributed by atoms with E-state index in [0.717, 1.165) is 0 Å². The molecule has 0 aromatic rings. The lowest BCUT2D eigenvalue weighted by molar-refractivity contribution is -0.391. The molecule has 72 heavy (non-hydrogen) atoms. The highest BCUT2D eigenvalue weighted by Crippen LogP contribution is 2.36. The second kappa shape index (κ2) is 25.0. The Morgan fingerprint density at radius 1 is 0.292 bits per heavy atom. The highest BCUT2D eigenvalue weighted by molar-refractivity contribution is 4.99. The van der Waals surface area contributed by atoms with Gasteiger partial charge < -0.3 is 164 Å². The van der Waals surface area contributed by atoms with E-state index in [1.807, 2.05) is 0 Å². The summed E-state index contributed by atoms with van der Waals surface area (Å²) in [5.41, 5.74) is 0. The Morgan fingerprint density at radius 2 is 0.653 bits per heavy atom. The summed E-state index contributed by atoms with van der Waals surface area (Å²) in [4.78, 5) is 0. The Labute approximate surface area is 406 Å². The van der Waals surface area contributed by atoms with Crippen LogP contribution in [0.1, 0.15) is 0 Å². The first kappa shape index (κ1) is 58.4. The summed E-state index contributed by atoms with van der Waals surface area (Å²) < 4.78 is 72.5. The van der Waals surface area contributed by atoms with Crippen molar-refractivity contribution < 1.29 is 164 Å². The third-order valence-corrected chi connectivity index (χ3v) is 13.4. The average Bonchev–Trinajstić information content (AvgIpc) is 3.64. The summed E-state index contributed by atoms with van der Waals surface area (Å²) in [6.07, 6.45) is -59.2. The van der Waals surface area contributed by atoms with Crippen LogP contribution in [0.3, 0.4) is 0 Å². The van der Waals surface area contributed by atoms with Crippen LogP contribution in [0.5, 0.6) is 0 Å². The van der Waals surface area contributed by atoms with Gasteiger partial charge >= 0.3 is 0 Å². The van der Waals surface area contributed by atoms with E-state index in [9.17, 15) is 102 Å². The number of aliphatic hydroxyl groups is 20. The maximum absolute atomic E-state index is 11.6. The van der Waals surface area contributed by atoms with Gasteiger partial charge in [0.1, 0.15) is 153 Å². The molecule has 0 spiro atoms. The average molecular weight is 1060 g/mol. The Bertz CT molecular complexity index is 1660. The van der Waals surface area contributed by atoms with Crippen LogP contribution < -0.4 is 0 Å². The molecule has 7 aliphatic heterocycles. The summed E-state index contributed by atoms with van der Waals surface area (Å²) in [6.45, 7) is -5.38. The Morgan fingerprint density at radius 3 is 1.19 bits per heavy atom. The zero-order valence-electron chi connectivity index (χ0n) is 37.7. The van der Waals surface area contributed by atoms with E-state index in [4.69, 9.17) is 61.6 Å². The first-order valence-electron chi connectivity index (χ1n) is 22.9. The van der Waals surface area contributed by atoms with Gasteiger partial charge in [0.15, 0.2) is 44.0 Å². The molecular formula is C39H66O33. The molecule has 33 heteroatoms. The molecule has 0 bridgehead atoms. The molecule has 20 N–H and O–H groups in total. The van der Waals surface area contributed by atoms with E-state index in [-0.39, 0.29) is 0 Å². The fraction of sp³-hybridized carbons (Fsp3) is 1.00. The summed E-state index contributed by atoms with van der Waals surface area (Å²) in [5, 5.41) is 211. The third-order valence-electron chi connectivity index (χ3n) is 13.4. The maximum atomic E-state index is 11.6. The van der Waals surface area contributed by atoms with Crippen LogP contribution in [0.15, 0.2) is 0 Å². The second-order valence-corrected chi connectivity index (χ2v) is 18.3. The quantitative estimate of drug-likeness (QED) is 0.0643. The van der Waals surface area contributed by atoms with Crippen LogP contribution in [0.4, 0.5) is 0 Å². The first-order valence-corrected chi connectivity index (χ1v) is 22.9. The van der Waals surface area contributed by atoms with E-state index >= 15 is 0 Å². The predicted molar refractivity (Wildman–Crippen MR) is 214 cm³/mol. The van der Waals surface area contributed by atoms with E-state index in [1.165, 1.54) is 0 Å². The number of hydrogen-bond acceptors (Lipinski definition) is 33. The van der Waals surface area contributed by atoms with Crippen molar-refractivity contribution in [1.82, 2.24) is 0 Å². The molecule has 7 heterocycles. The number of hydrogen-bond donors (Lipinski definition) is 20. The van der Waals surface area contributed by atoms with E-state index in [2.05, 4.69) is 0 Å². The Hall–Kier alpha value is -1.32. The Kier molecular flexibility index (Phi) is 20.3. The van der Waals surface area contributed by atoms with Crippen molar-refractivity contribution in [3.8, 4) is 0 Å². The number of rotatable bonds is 17. The lowest BCUT2D eigenvalue weighted by Crippen LogP contribution is -2.67. The molecule has 32 atom stereocenters. The van der Waals surface area contributed by atoms with Gasteiger partial charge in [-0.15, -0.1) is 0 Å². The van der Waals surface area contributed by atoms with Crippen LogP contribution in [-0.2, 0) is 61.6 Å². The summed E-state index contributed by atoms with van der Waals surface area (Å²) >= 11 is 0. The second-order valence-electron chi connectivity index (χ2n) is 18.3. The lowest BCUT2D eigenvalue weighted by atomic mass is 9.95. The molecule has 0 saturated carbocycles. The van der Waals surface area contributed by atoms with E-state index in [1.54, 1.807) is 0 Å². The van der Waals surface area contributed by atoms with Gasteiger partial charge in [-0.3, -0.25) is 0 Å². The minimum Gasteiger partial charge on any atom is -0.394 e. The highest BCUT2D eigenvalue weighted by Gasteiger charge is 2.56. The molecule has 33 nitrogen and oxygen atoms in total. The largest absolute Gasteiger partial charge is 0.394 e. The van der Waals surface area contributed by atoms with Gasteiger partial charge in [0.2, 0.25) is 0 Å². The summed E-state index contributed by atoms with van der Waals surface area (Å²) in [5.74, 6) is 0. The fourth-order valence-electron chi connectivity index (χ4n) is 9.01. The fourth-order valence-corrected chi connectivity index (χ4v) is 9.01. The topological polar surface area (TPSA) is 525 Å². The van der Waals surface area contributed by atoms with Gasteiger partial charge in [-0.25, -0.2) is 0 Å². The molecule has 0 aliphatic carbocycles. The number of aliphatic hydroxyl groups excluding tert-OH is 20. The van der Waals surface area contributed by atoms with Gasteiger partial charge in [-0.2, -0.15) is 0 Å². The molecule has 1 unspecified atom stereocenters. The van der Waals surface area contributed by atoms with Gasteiger partial charge in [0.05, 0.1) is 46.2 Å². The van der Waals surface area contributed by atoms with Gasteiger partial charge in [0.25, 0.3) is 0 Å². The molecule has 7 fully saturated rings. The standard InChI is InChI=1S/C39H66O33/c40-1-10-17(47)25(55)35(65-10)72-32-16(46)9(44)5-61-39(32)63-6-13-18(48)19(49)26(56)36(67-13)71-31-14(7-62-34-24(54)15(45)8(43)4-60-34)68-38(28(58)22(31)52)70-30-12(3-42)66-37(27(57)21(30)51)69-29-11(2-41)64-33(59)23(53)20(29)50/h8-59H,1-7H2/t8-,9-,10+,11-,12-,13-,14-,15+,16+,17+,18-,19+,20-,21-,22-,23-,24-,25-,26-,27-,28-,29-,30-,31-,32-,33?,34-,35+,36+,37+,38+,39-/m1/s1. The molecule has 7 rings (SSSR count). The van der Waals surface area contributed by atoms with Crippen LogP contribution >= 0.6 is 0 Å². The van der Waals surface area contributed by atoms with Crippen molar-refractivity contribution in [3.63, 3.8) is 0 Å². The van der Waals surface area contributed by atoms with E-state index < -0.39 is 243 Å². The van der Waals surface area contributed by atoms with Crippen molar-refractivity contribution in [2.45, 2.75) is 197 Å². The Balaban J connectivity index is 1.05. The summed E-state index contributed by atoms with van der Waals surface area (Å²) in [7, 11) is 0. The maximum Gasteiger partial charge on any atom is 0.187 e. The SMILES string of the molecule is OC[C@@H]1O[C@@H](O[C@H]2[C@@H](OC[C@H]3O[C@@H](O[C@H]4[C@H](O)[C@@H](O)[C@H](O[C@H]5[C@H](O)[C@@H](O)[C@H](O[C@H]6[C@H](O)[C@@H](O)C(O)O[C@@H]6CO)O[C@@H]5CO)O[C@@H]4CO[C@H]4OC[C@@H](O)[C@H](O)[C@H]4O)[C@H](O)[C@@H](O)[C@@H]3O)OC[C@@H](O)[C@@H]2O)[C@H](O)[C@H]1O. The van der Waals surface area contributed by atoms with Crippen LogP contribution in [0.2, 0.25) is 0 Å². The minimum absolute atomic E-state index is 0.541. The molecule has 0 amide bonds. The van der Waals surface area contributed by atoms with Gasteiger partial charge in [-0.1, -0.05) is 0 Å². The third kappa shape index (κ3) is 12.2. The predicted octanol–water partition coefficient (Wildman–Crippen LogP) is -14.4. The number of ether oxygens (including phenoxy) is 13. The van der Waals surface area contributed by atoms with Crippen LogP contribution in [0, 0.1) is 0 Å². The summed E-state index contributed by atoms with van der Waals surface area (Å²) in [6, 6.07) is 0. The van der Waals surface area contributed by atoms with E-state index in [0.29, 0.717) is 0 Å². The van der Waals surface area contributed by atoms with Crippen molar-refractivity contribution in [2.75, 3.05) is 46.2 Å². The minimum atomic E-state index is -2.25. The molecule has 420 valence electrons. The molecular weight excluding hydrogens is 996 g/mol. The van der Waals surface area contributed by atoms with Crippen molar-refractivity contribution >= 4 is 0 Å². The van der Waals surface area contributed by atoms with Crippen molar-refractivity contribution in [2.24, 2.45) is 0 Å². The zero-order valence-corrected chi connectivity index (χ0v) is 37.7.